The monoisotopic (exact) mass is 193 g/mol. The Kier molecular flexibility index (Phi) is 2.85. The van der Waals surface area contributed by atoms with E-state index in [4.69, 9.17) is 5.73 Å². The summed E-state index contributed by atoms with van der Waals surface area (Å²) in [4.78, 5) is 10.8. The predicted octanol–water partition coefficient (Wildman–Crippen LogP) is 0.922. The third kappa shape index (κ3) is 2.62. The van der Waals surface area contributed by atoms with Crippen molar-refractivity contribution in [3.63, 3.8) is 0 Å². The Morgan fingerprint density at radius 2 is 2.23 bits per heavy atom. The van der Waals surface area contributed by atoms with Crippen LogP contribution in [0.15, 0.2) is 0 Å². The minimum Gasteiger partial charge on any atom is -0.468 e. The molecule has 1 fully saturated rings. The summed E-state index contributed by atoms with van der Waals surface area (Å²) >= 11 is 0. The minimum absolute atomic E-state index is 0.529. The number of methoxy groups -OCH3 is 1. The van der Waals surface area contributed by atoms with Crippen LogP contribution >= 0.6 is 0 Å². The molecule has 0 aromatic rings. The van der Waals surface area contributed by atoms with Crippen molar-refractivity contribution < 1.29 is 18.3 Å². The third-order valence-corrected chi connectivity index (χ3v) is 2.17. The highest BCUT2D eigenvalue weighted by Gasteiger charge is 2.48. The van der Waals surface area contributed by atoms with Gasteiger partial charge in [0.15, 0.2) is 0 Å². The molecular formula is C8H13F2NO2. The number of nitrogens with two attached hydrogens (primary N) is 1. The van der Waals surface area contributed by atoms with Gasteiger partial charge in [-0.05, 0) is 12.8 Å². The van der Waals surface area contributed by atoms with E-state index in [9.17, 15) is 13.6 Å². The maximum atomic E-state index is 13.1. The number of carbonyl (C=O) groups excluding carboxylic acids is 1. The van der Waals surface area contributed by atoms with E-state index in [1.807, 2.05) is 0 Å². The molecule has 0 aliphatic heterocycles. The van der Waals surface area contributed by atoms with Crippen LogP contribution in [-0.4, -0.2) is 25.0 Å². The summed E-state index contributed by atoms with van der Waals surface area (Å²) in [6.45, 7) is 0. The zero-order chi connectivity index (χ0) is 10.1. The molecule has 3 nitrogen and oxygen atoms in total. The fourth-order valence-corrected chi connectivity index (χ4v) is 1.20. The molecule has 5 heteroatoms. The molecule has 1 atom stereocenters. The average molecular weight is 193 g/mol. The molecule has 0 aromatic carbocycles. The second-order valence-electron chi connectivity index (χ2n) is 3.37. The van der Waals surface area contributed by atoms with E-state index in [0.717, 1.165) is 7.11 Å². The summed E-state index contributed by atoms with van der Waals surface area (Å²) in [5.74, 6) is -4.17. The molecule has 0 amide bonds. The van der Waals surface area contributed by atoms with Crippen LogP contribution < -0.4 is 5.73 Å². The van der Waals surface area contributed by atoms with Crippen molar-refractivity contribution in [1.82, 2.24) is 0 Å². The Bertz CT molecular complexity index is 204. The molecule has 0 spiro atoms. The van der Waals surface area contributed by atoms with Crippen molar-refractivity contribution in [2.24, 2.45) is 11.7 Å². The van der Waals surface area contributed by atoms with Crippen LogP contribution in [0, 0.1) is 5.92 Å². The average Bonchev–Trinajstić information content (AvgIpc) is 2.84. The standard InChI is InChI=1S/C8H13F2NO2/c1-13-7(12)6(11)4-8(9,10)5-2-3-5/h5-6H,2-4,11H2,1H3. The molecule has 1 aliphatic carbocycles. The van der Waals surface area contributed by atoms with Gasteiger partial charge in [-0.3, -0.25) is 4.79 Å². The van der Waals surface area contributed by atoms with Gasteiger partial charge in [-0.15, -0.1) is 0 Å². The number of esters is 1. The molecule has 1 unspecified atom stereocenters. The molecule has 0 saturated heterocycles. The van der Waals surface area contributed by atoms with Gasteiger partial charge >= 0.3 is 5.97 Å². The lowest BCUT2D eigenvalue weighted by Crippen LogP contribution is -2.38. The topological polar surface area (TPSA) is 52.3 Å². The SMILES string of the molecule is COC(=O)C(N)CC(F)(F)C1CC1. The number of alkyl halides is 2. The summed E-state index contributed by atoms with van der Waals surface area (Å²) in [5.41, 5.74) is 5.22. The van der Waals surface area contributed by atoms with Gasteiger partial charge < -0.3 is 10.5 Å². The zero-order valence-corrected chi connectivity index (χ0v) is 7.43. The number of carbonyl (C=O) groups is 1. The Morgan fingerprint density at radius 1 is 1.69 bits per heavy atom. The summed E-state index contributed by atoms with van der Waals surface area (Å²) in [5, 5.41) is 0. The van der Waals surface area contributed by atoms with Crippen molar-refractivity contribution in [1.29, 1.82) is 0 Å². The van der Waals surface area contributed by atoms with Crippen LogP contribution in [0.4, 0.5) is 8.78 Å². The number of ether oxygens (including phenoxy) is 1. The molecule has 13 heavy (non-hydrogen) atoms. The van der Waals surface area contributed by atoms with E-state index in [1.165, 1.54) is 0 Å². The van der Waals surface area contributed by atoms with Crippen LogP contribution in [0.3, 0.4) is 0 Å². The Hall–Kier alpha value is -0.710. The fraction of sp³-hybridized carbons (Fsp3) is 0.875. The van der Waals surface area contributed by atoms with E-state index < -0.39 is 30.3 Å². The van der Waals surface area contributed by atoms with E-state index in [0.29, 0.717) is 12.8 Å². The normalized spacial score (nSPS) is 19.7. The molecule has 0 bridgehead atoms. The smallest absolute Gasteiger partial charge is 0.322 e. The molecule has 0 heterocycles. The molecule has 1 rings (SSSR count). The summed E-state index contributed by atoms with van der Waals surface area (Å²) < 4.78 is 30.4. The second-order valence-corrected chi connectivity index (χ2v) is 3.37. The van der Waals surface area contributed by atoms with Crippen molar-refractivity contribution in [3.8, 4) is 0 Å². The summed E-state index contributed by atoms with van der Waals surface area (Å²) in [6.07, 6.45) is 0.451. The van der Waals surface area contributed by atoms with E-state index >= 15 is 0 Å². The van der Waals surface area contributed by atoms with Crippen molar-refractivity contribution >= 4 is 5.97 Å². The molecule has 1 saturated carbocycles. The van der Waals surface area contributed by atoms with Crippen LogP contribution in [-0.2, 0) is 9.53 Å². The molecule has 0 radical (unpaired) electrons. The number of hydrogen-bond donors (Lipinski definition) is 1. The molecule has 76 valence electrons. The van der Waals surface area contributed by atoms with Crippen molar-refractivity contribution in [2.45, 2.75) is 31.2 Å². The van der Waals surface area contributed by atoms with Crippen LogP contribution in [0.25, 0.3) is 0 Å². The molecule has 1 aliphatic rings. The van der Waals surface area contributed by atoms with Gasteiger partial charge in [0.2, 0.25) is 0 Å². The van der Waals surface area contributed by atoms with E-state index in [2.05, 4.69) is 4.74 Å². The van der Waals surface area contributed by atoms with Crippen molar-refractivity contribution in [2.75, 3.05) is 7.11 Å². The first kappa shape index (κ1) is 10.4. The maximum Gasteiger partial charge on any atom is 0.322 e. The summed E-state index contributed by atoms with van der Waals surface area (Å²) in [7, 11) is 1.14. The van der Waals surface area contributed by atoms with E-state index in [-0.39, 0.29) is 0 Å². The third-order valence-electron chi connectivity index (χ3n) is 2.17. The Balaban J connectivity index is 2.41. The highest BCUT2D eigenvalue weighted by molar-refractivity contribution is 5.75. The minimum atomic E-state index is -2.81. The Morgan fingerprint density at radius 3 is 2.62 bits per heavy atom. The van der Waals surface area contributed by atoms with E-state index in [1.54, 1.807) is 0 Å². The first-order valence-electron chi connectivity index (χ1n) is 4.18. The molecule has 2 N–H and O–H groups in total. The number of hydrogen-bond acceptors (Lipinski definition) is 3. The lowest BCUT2D eigenvalue weighted by atomic mass is 10.1. The van der Waals surface area contributed by atoms with Crippen LogP contribution in [0.5, 0.6) is 0 Å². The maximum absolute atomic E-state index is 13.1. The number of rotatable bonds is 4. The highest BCUT2D eigenvalue weighted by Crippen LogP contribution is 2.45. The first-order valence-corrected chi connectivity index (χ1v) is 4.18. The zero-order valence-electron chi connectivity index (χ0n) is 7.43. The first-order chi connectivity index (χ1) is 5.97. The van der Waals surface area contributed by atoms with Gasteiger partial charge in [0.05, 0.1) is 7.11 Å². The molecular weight excluding hydrogens is 180 g/mol. The fourth-order valence-electron chi connectivity index (χ4n) is 1.20. The Labute approximate surface area is 75.2 Å². The van der Waals surface area contributed by atoms with Crippen molar-refractivity contribution in [3.05, 3.63) is 0 Å². The van der Waals surface area contributed by atoms with Gasteiger partial charge in [0.1, 0.15) is 6.04 Å². The highest BCUT2D eigenvalue weighted by atomic mass is 19.3. The van der Waals surface area contributed by atoms with Crippen LogP contribution in [0.2, 0.25) is 0 Å². The number of halogens is 2. The van der Waals surface area contributed by atoms with Gasteiger partial charge in [0.25, 0.3) is 5.92 Å². The predicted molar refractivity (Wildman–Crippen MR) is 42.3 cm³/mol. The largest absolute Gasteiger partial charge is 0.468 e. The van der Waals surface area contributed by atoms with Gasteiger partial charge in [-0.25, -0.2) is 8.78 Å². The van der Waals surface area contributed by atoms with Crippen LogP contribution in [0.1, 0.15) is 19.3 Å². The van der Waals surface area contributed by atoms with Gasteiger partial charge in [0, 0.05) is 12.3 Å². The van der Waals surface area contributed by atoms with Gasteiger partial charge in [-0.1, -0.05) is 0 Å². The molecule has 0 aromatic heterocycles. The quantitative estimate of drug-likeness (QED) is 0.675. The lowest BCUT2D eigenvalue weighted by Gasteiger charge is -2.18. The second kappa shape index (κ2) is 3.57. The summed E-state index contributed by atoms with van der Waals surface area (Å²) in [6, 6.07) is -1.21. The lowest BCUT2D eigenvalue weighted by molar-refractivity contribution is -0.145. The van der Waals surface area contributed by atoms with Gasteiger partial charge in [-0.2, -0.15) is 0 Å².